The molecule has 78 valence electrons. The molecular formula is C13H21N. The van der Waals surface area contributed by atoms with Crippen LogP contribution in [0, 0.1) is 5.41 Å². The molecule has 0 aromatic carbocycles. The first-order valence-electron chi connectivity index (χ1n) is 5.23. The minimum atomic E-state index is 0.287. The molecule has 1 aliphatic carbocycles. The second-order valence-electron chi connectivity index (χ2n) is 4.96. The van der Waals surface area contributed by atoms with Crippen molar-refractivity contribution in [2.75, 3.05) is 0 Å². The average molecular weight is 191 g/mol. The van der Waals surface area contributed by atoms with Crippen LogP contribution >= 0.6 is 0 Å². The van der Waals surface area contributed by atoms with Gasteiger partial charge in [0.1, 0.15) is 0 Å². The smallest absolute Gasteiger partial charge is 0.0368 e. The van der Waals surface area contributed by atoms with Gasteiger partial charge in [0.25, 0.3) is 0 Å². The minimum Gasteiger partial charge on any atom is -0.362 e. The van der Waals surface area contributed by atoms with Gasteiger partial charge in [-0.2, -0.15) is 0 Å². The zero-order valence-corrected chi connectivity index (χ0v) is 9.78. The second-order valence-corrected chi connectivity index (χ2v) is 4.96. The summed E-state index contributed by atoms with van der Waals surface area (Å²) in [6.07, 6.45) is 6.39. The van der Waals surface area contributed by atoms with Gasteiger partial charge in [-0.1, -0.05) is 32.9 Å². The van der Waals surface area contributed by atoms with Gasteiger partial charge in [-0.25, -0.2) is 0 Å². The summed E-state index contributed by atoms with van der Waals surface area (Å²) >= 11 is 0. The van der Waals surface area contributed by atoms with Gasteiger partial charge in [0.2, 0.25) is 0 Å². The molecule has 0 atom stereocenters. The van der Waals surface area contributed by atoms with Crippen molar-refractivity contribution in [3.8, 4) is 0 Å². The lowest BCUT2D eigenvalue weighted by Crippen LogP contribution is -2.16. The van der Waals surface area contributed by atoms with Crippen LogP contribution in [0.3, 0.4) is 0 Å². The molecule has 0 spiro atoms. The molecule has 14 heavy (non-hydrogen) atoms. The summed E-state index contributed by atoms with van der Waals surface area (Å²) in [6, 6.07) is 0. The first kappa shape index (κ1) is 11.1. The van der Waals surface area contributed by atoms with Crippen molar-refractivity contribution in [2.45, 2.75) is 40.5 Å². The highest BCUT2D eigenvalue weighted by Crippen LogP contribution is 2.34. The largest absolute Gasteiger partial charge is 0.362 e. The van der Waals surface area contributed by atoms with Crippen LogP contribution in [0.25, 0.3) is 0 Å². The van der Waals surface area contributed by atoms with E-state index in [1.807, 2.05) is 0 Å². The fraction of sp³-hybridized carbons (Fsp3) is 0.538. The third kappa shape index (κ3) is 2.50. The Balaban J connectivity index is 2.94. The van der Waals surface area contributed by atoms with Crippen molar-refractivity contribution in [3.63, 3.8) is 0 Å². The Kier molecular flexibility index (Phi) is 3.20. The Bertz CT molecular complexity index is 287. The molecule has 0 aliphatic heterocycles. The van der Waals surface area contributed by atoms with Gasteiger partial charge < -0.3 is 5.32 Å². The van der Waals surface area contributed by atoms with Crippen molar-refractivity contribution in [1.29, 1.82) is 0 Å². The highest BCUT2D eigenvalue weighted by atomic mass is 14.8. The van der Waals surface area contributed by atoms with Gasteiger partial charge in [-0.15, -0.1) is 0 Å². The molecule has 0 aromatic heterocycles. The lowest BCUT2D eigenvalue weighted by atomic mass is 9.80. The second kappa shape index (κ2) is 4.04. The molecule has 1 nitrogen and oxygen atoms in total. The van der Waals surface area contributed by atoms with Crippen molar-refractivity contribution >= 4 is 0 Å². The summed E-state index contributed by atoms with van der Waals surface area (Å²) in [7, 11) is 0. The molecule has 1 rings (SSSR count). The monoisotopic (exact) mass is 191 g/mol. The minimum absolute atomic E-state index is 0.287. The van der Waals surface area contributed by atoms with Gasteiger partial charge in [-0.05, 0) is 43.0 Å². The van der Waals surface area contributed by atoms with E-state index in [9.17, 15) is 0 Å². The summed E-state index contributed by atoms with van der Waals surface area (Å²) in [5.41, 5.74) is 4.47. The molecule has 0 unspecified atom stereocenters. The average Bonchev–Trinajstić information content (AvgIpc) is 2.07. The normalized spacial score (nSPS) is 17.9. The summed E-state index contributed by atoms with van der Waals surface area (Å²) in [6.45, 7) is 12.7. The zero-order chi connectivity index (χ0) is 10.8. The Hall–Kier alpha value is -0.980. The van der Waals surface area contributed by atoms with E-state index in [-0.39, 0.29) is 5.41 Å². The number of allylic oxidation sites excluding steroid dienone is 3. The highest BCUT2D eigenvalue weighted by Gasteiger charge is 2.20. The van der Waals surface area contributed by atoms with E-state index >= 15 is 0 Å². The molecule has 0 amide bonds. The lowest BCUT2D eigenvalue weighted by molar-refractivity contribution is 0.477. The molecule has 0 saturated heterocycles. The molecule has 1 aliphatic rings. The number of hydrogen-bond acceptors (Lipinski definition) is 1. The van der Waals surface area contributed by atoms with Crippen LogP contribution in [0.4, 0.5) is 0 Å². The molecule has 1 heteroatoms. The predicted molar refractivity (Wildman–Crippen MR) is 62.8 cm³/mol. The van der Waals surface area contributed by atoms with Gasteiger partial charge in [0.15, 0.2) is 0 Å². The Labute approximate surface area is 87.6 Å². The van der Waals surface area contributed by atoms with E-state index in [0.717, 1.165) is 0 Å². The summed E-state index contributed by atoms with van der Waals surface area (Å²) in [5.74, 6) is 0. The quantitative estimate of drug-likeness (QED) is 0.700. The Morgan fingerprint density at radius 3 is 2.50 bits per heavy atom. The molecule has 0 aromatic rings. The first-order valence-corrected chi connectivity index (χ1v) is 5.23. The van der Waals surface area contributed by atoms with Gasteiger partial charge in [0, 0.05) is 5.70 Å². The van der Waals surface area contributed by atoms with E-state index in [1.54, 1.807) is 6.20 Å². The van der Waals surface area contributed by atoms with E-state index in [0.29, 0.717) is 0 Å². The highest BCUT2D eigenvalue weighted by molar-refractivity contribution is 5.34. The zero-order valence-electron chi connectivity index (χ0n) is 9.78. The van der Waals surface area contributed by atoms with Gasteiger partial charge >= 0.3 is 0 Å². The lowest BCUT2D eigenvalue weighted by Gasteiger charge is -2.27. The first-order chi connectivity index (χ1) is 6.45. The Morgan fingerprint density at radius 1 is 1.36 bits per heavy atom. The third-order valence-corrected chi connectivity index (χ3v) is 2.77. The van der Waals surface area contributed by atoms with Crippen molar-refractivity contribution in [3.05, 3.63) is 35.7 Å². The summed E-state index contributed by atoms with van der Waals surface area (Å²) in [5, 5.41) is 3.20. The van der Waals surface area contributed by atoms with Gasteiger partial charge in [0.05, 0.1) is 0 Å². The van der Waals surface area contributed by atoms with Crippen LogP contribution in [-0.4, -0.2) is 0 Å². The van der Waals surface area contributed by atoms with E-state index in [1.165, 1.54) is 29.7 Å². The van der Waals surface area contributed by atoms with Crippen molar-refractivity contribution in [2.24, 2.45) is 5.41 Å². The molecule has 0 fully saturated rings. The number of hydrogen-bond donors (Lipinski definition) is 1. The van der Waals surface area contributed by atoms with Crippen LogP contribution in [0.15, 0.2) is 35.7 Å². The number of nitrogens with one attached hydrogen (secondary N) is 1. The van der Waals surface area contributed by atoms with Crippen LogP contribution in [0.5, 0.6) is 0 Å². The molecule has 0 heterocycles. The van der Waals surface area contributed by atoms with Crippen molar-refractivity contribution < 1.29 is 0 Å². The molecule has 0 radical (unpaired) electrons. The van der Waals surface area contributed by atoms with Crippen LogP contribution < -0.4 is 5.32 Å². The van der Waals surface area contributed by atoms with Crippen LogP contribution in [0.2, 0.25) is 0 Å². The standard InChI is InChI=1S/C13H21N/c1-6-14-12-9-11(13(3,4)5)8-7-10(12)2/h6,9,14H,1,7-8H2,2-5H3. The van der Waals surface area contributed by atoms with E-state index in [2.05, 4.69) is 45.7 Å². The van der Waals surface area contributed by atoms with Crippen LogP contribution in [0.1, 0.15) is 40.5 Å². The Morgan fingerprint density at radius 2 is 2.00 bits per heavy atom. The molecule has 0 bridgehead atoms. The fourth-order valence-corrected chi connectivity index (χ4v) is 1.69. The molecule has 0 saturated carbocycles. The molecule has 1 N–H and O–H groups in total. The third-order valence-electron chi connectivity index (χ3n) is 2.77. The molecular weight excluding hydrogens is 170 g/mol. The van der Waals surface area contributed by atoms with E-state index < -0.39 is 0 Å². The fourth-order valence-electron chi connectivity index (χ4n) is 1.69. The van der Waals surface area contributed by atoms with Gasteiger partial charge in [-0.3, -0.25) is 0 Å². The summed E-state index contributed by atoms with van der Waals surface area (Å²) < 4.78 is 0. The van der Waals surface area contributed by atoms with Crippen LogP contribution in [-0.2, 0) is 0 Å². The predicted octanol–water partition coefficient (Wildman–Crippen LogP) is 3.76. The maximum absolute atomic E-state index is 3.70. The number of rotatable bonds is 2. The maximum atomic E-state index is 3.70. The topological polar surface area (TPSA) is 12.0 Å². The van der Waals surface area contributed by atoms with Crippen molar-refractivity contribution in [1.82, 2.24) is 5.32 Å². The van der Waals surface area contributed by atoms with E-state index in [4.69, 9.17) is 0 Å². The summed E-state index contributed by atoms with van der Waals surface area (Å²) in [4.78, 5) is 0. The maximum Gasteiger partial charge on any atom is 0.0368 e. The SMILES string of the molecule is C=CNC1=C(C)CCC(C(C)(C)C)=C1.